The quantitative estimate of drug-likeness (QED) is 0.539. The molecule has 1 aliphatic heterocycles. The van der Waals surface area contributed by atoms with Crippen LogP contribution in [0.5, 0.6) is 5.88 Å². The van der Waals surface area contributed by atoms with Crippen molar-refractivity contribution in [2.24, 2.45) is 7.05 Å². The van der Waals surface area contributed by atoms with Gasteiger partial charge in [-0.2, -0.15) is 14.5 Å². The Morgan fingerprint density at radius 2 is 2.14 bits per heavy atom. The van der Waals surface area contributed by atoms with Crippen LogP contribution in [0.1, 0.15) is 18.5 Å². The molecule has 0 saturated carbocycles. The van der Waals surface area contributed by atoms with Crippen molar-refractivity contribution in [1.82, 2.24) is 28.7 Å². The second kappa shape index (κ2) is 7.45. The molecule has 1 fully saturated rings. The number of aryl methyl sites for hydroxylation is 2. The highest BCUT2D eigenvalue weighted by molar-refractivity contribution is 7.10. The van der Waals surface area contributed by atoms with Crippen LogP contribution < -0.4 is 10.1 Å². The largest absolute Gasteiger partial charge is 0.473 e. The van der Waals surface area contributed by atoms with Gasteiger partial charge in [0.05, 0.1) is 36.3 Å². The Bertz CT molecular complexity index is 1140. The van der Waals surface area contributed by atoms with E-state index in [4.69, 9.17) is 19.4 Å². The number of hydrogen-bond acceptors (Lipinski definition) is 8. The van der Waals surface area contributed by atoms with Crippen LogP contribution in [0, 0.1) is 6.92 Å². The molecule has 0 unspecified atom stereocenters. The number of nitrogens with one attached hydrogen (secondary N) is 1. The van der Waals surface area contributed by atoms with E-state index in [1.165, 1.54) is 11.5 Å². The van der Waals surface area contributed by atoms with Crippen molar-refractivity contribution in [1.29, 1.82) is 0 Å². The van der Waals surface area contributed by atoms with Crippen molar-refractivity contribution in [2.75, 3.05) is 18.5 Å². The van der Waals surface area contributed by atoms with Crippen molar-refractivity contribution in [3.63, 3.8) is 0 Å². The summed E-state index contributed by atoms with van der Waals surface area (Å²) < 4.78 is 19.9. The SMILES string of the molecule is Cc1cc(Nc2nc(OC3CCOCC3)c3c(ccn3-c3cnn(C)c3)n2)sn1. The Hall–Kier alpha value is -2.98. The van der Waals surface area contributed by atoms with Gasteiger partial charge in [-0.05, 0) is 30.6 Å². The summed E-state index contributed by atoms with van der Waals surface area (Å²) in [5.74, 6) is 1.05. The molecule has 4 aromatic heterocycles. The number of fused-ring (bicyclic) bond motifs is 1. The number of hydrogen-bond donors (Lipinski definition) is 1. The van der Waals surface area contributed by atoms with E-state index >= 15 is 0 Å². The highest BCUT2D eigenvalue weighted by atomic mass is 32.1. The van der Waals surface area contributed by atoms with E-state index in [-0.39, 0.29) is 6.10 Å². The first-order valence-electron chi connectivity index (χ1n) is 9.48. The molecular weight excluding hydrogens is 390 g/mol. The molecule has 1 saturated heterocycles. The maximum absolute atomic E-state index is 6.35. The van der Waals surface area contributed by atoms with Gasteiger partial charge in [-0.1, -0.05) is 0 Å². The Kier molecular flexibility index (Phi) is 4.64. The summed E-state index contributed by atoms with van der Waals surface area (Å²) >= 11 is 1.38. The molecule has 0 amide bonds. The van der Waals surface area contributed by atoms with Crippen LogP contribution in [0.15, 0.2) is 30.7 Å². The molecule has 0 aliphatic carbocycles. The maximum Gasteiger partial charge on any atom is 0.244 e. The first-order valence-corrected chi connectivity index (χ1v) is 10.3. The summed E-state index contributed by atoms with van der Waals surface area (Å²) in [7, 11) is 1.89. The summed E-state index contributed by atoms with van der Waals surface area (Å²) in [6.45, 7) is 3.36. The maximum atomic E-state index is 6.35. The van der Waals surface area contributed by atoms with Crippen LogP contribution in [0.2, 0.25) is 0 Å². The predicted molar refractivity (Wildman–Crippen MR) is 110 cm³/mol. The lowest BCUT2D eigenvalue weighted by molar-refractivity contribution is 0.0243. The lowest BCUT2D eigenvalue weighted by Crippen LogP contribution is -2.26. The van der Waals surface area contributed by atoms with E-state index in [1.54, 1.807) is 4.68 Å². The molecule has 4 aromatic rings. The molecule has 0 bridgehead atoms. The molecule has 9 nitrogen and oxygen atoms in total. The van der Waals surface area contributed by atoms with E-state index in [0.717, 1.165) is 40.3 Å². The minimum absolute atomic E-state index is 0.0672. The first-order chi connectivity index (χ1) is 14.2. The summed E-state index contributed by atoms with van der Waals surface area (Å²) in [5.41, 5.74) is 3.52. The van der Waals surface area contributed by atoms with Gasteiger partial charge in [0.1, 0.15) is 16.6 Å². The third-order valence-electron chi connectivity index (χ3n) is 4.78. The zero-order valence-electron chi connectivity index (χ0n) is 16.2. The normalized spacial score (nSPS) is 15.1. The average Bonchev–Trinajstić information content (AvgIpc) is 3.43. The number of ether oxygens (including phenoxy) is 2. The Labute approximate surface area is 171 Å². The van der Waals surface area contributed by atoms with Crippen LogP contribution in [0.25, 0.3) is 16.7 Å². The van der Waals surface area contributed by atoms with Crippen LogP contribution in [-0.2, 0) is 11.8 Å². The predicted octanol–water partition coefficient (Wildman–Crippen LogP) is 3.22. The molecule has 29 heavy (non-hydrogen) atoms. The molecule has 1 aliphatic rings. The van der Waals surface area contributed by atoms with E-state index in [1.807, 2.05) is 49.3 Å². The van der Waals surface area contributed by atoms with Crippen molar-refractivity contribution in [3.05, 3.63) is 36.4 Å². The van der Waals surface area contributed by atoms with Gasteiger partial charge in [0, 0.05) is 32.3 Å². The highest BCUT2D eigenvalue weighted by Gasteiger charge is 2.21. The third-order valence-corrected chi connectivity index (χ3v) is 5.58. The average molecular weight is 411 g/mol. The van der Waals surface area contributed by atoms with E-state index in [2.05, 4.69) is 14.8 Å². The van der Waals surface area contributed by atoms with Crippen molar-refractivity contribution >= 4 is 33.5 Å². The Balaban J connectivity index is 1.58. The van der Waals surface area contributed by atoms with Gasteiger partial charge < -0.3 is 19.4 Å². The van der Waals surface area contributed by atoms with Crippen LogP contribution in [0.4, 0.5) is 10.9 Å². The Morgan fingerprint density at radius 1 is 1.28 bits per heavy atom. The minimum Gasteiger partial charge on any atom is -0.473 e. The second-order valence-electron chi connectivity index (χ2n) is 7.03. The monoisotopic (exact) mass is 411 g/mol. The molecule has 10 heteroatoms. The lowest BCUT2D eigenvalue weighted by atomic mass is 10.1. The van der Waals surface area contributed by atoms with Gasteiger partial charge in [-0.3, -0.25) is 4.68 Å². The van der Waals surface area contributed by atoms with Gasteiger partial charge in [0.2, 0.25) is 11.8 Å². The molecule has 0 spiro atoms. The van der Waals surface area contributed by atoms with Gasteiger partial charge in [0.15, 0.2) is 0 Å². The fourth-order valence-corrected chi connectivity index (χ4v) is 4.04. The number of rotatable bonds is 5. The Morgan fingerprint density at radius 3 is 2.86 bits per heavy atom. The third kappa shape index (κ3) is 3.68. The first kappa shape index (κ1) is 18.1. The summed E-state index contributed by atoms with van der Waals surface area (Å²) in [5, 5.41) is 8.43. The fraction of sp³-hybridized carbons (Fsp3) is 0.368. The topological polar surface area (TPSA) is 91.9 Å². The molecule has 1 N–H and O–H groups in total. The highest BCUT2D eigenvalue weighted by Crippen LogP contribution is 2.31. The van der Waals surface area contributed by atoms with Crippen LogP contribution in [-0.4, -0.2) is 48.0 Å². The molecule has 0 radical (unpaired) electrons. The smallest absolute Gasteiger partial charge is 0.244 e. The van der Waals surface area contributed by atoms with Crippen LogP contribution >= 0.6 is 11.5 Å². The van der Waals surface area contributed by atoms with Crippen molar-refractivity contribution < 1.29 is 9.47 Å². The minimum atomic E-state index is 0.0672. The zero-order valence-corrected chi connectivity index (χ0v) is 17.0. The standard InChI is InChI=1S/C19H21N7O2S/c1-12-9-16(29-24-12)22-19-21-15-3-6-26(13-10-20-25(2)11-13)17(15)18(23-19)28-14-4-7-27-8-5-14/h3,6,9-11,14H,4-5,7-8H2,1-2H3,(H,21,22,23). The molecule has 0 aromatic carbocycles. The fourth-order valence-electron chi connectivity index (χ4n) is 3.38. The van der Waals surface area contributed by atoms with Gasteiger partial charge in [-0.25, -0.2) is 4.98 Å². The summed E-state index contributed by atoms with van der Waals surface area (Å²) in [6.07, 6.45) is 7.48. The van der Waals surface area contributed by atoms with Gasteiger partial charge in [-0.15, -0.1) is 0 Å². The van der Waals surface area contributed by atoms with Crippen molar-refractivity contribution in [2.45, 2.75) is 25.9 Å². The van der Waals surface area contributed by atoms with E-state index < -0.39 is 0 Å². The van der Waals surface area contributed by atoms with E-state index in [0.29, 0.717) is 25.0 Å². The molecule has 0 atom stereocenters. The second-order valence-corrected chi connectivity index (χ2v) is 7.84. The van der Waals surface area contributed by atoms with E-state index in [9.17, 15) is 0 Å². The number of aromatic nitrogens is 6. The lowest BCUT2D eigenvalue weighted by Gasteiger charge is -2.23. The van der Waals surface area contributed by atoms with Gasteiger partial charge in [0.25, 0.3) is 0 Å². The molecule has 5 heterocycles. The zero-order chi connectivity index (χ0) is 19.8. The number of nitrogens with zero attached hydrogens (tertiary/aromatic N) is 6. The molecule has 150 valence electrons. The number of anilines is 2. The summed E-state index contributed by atoms with van der Waals surface area (Å²) in [4.78, 5) is 9.40. The van der Waals surface area contributed by atoms with Crippen LogP contribution in [0.3, 0.4) is 0 Å². The summed E-state index contributed by atoms with van der Waals surface area (Å²) in [6, 6.07) is 3.93. The van der Waals surface area contributed by atoms with Crippen molar-refractivity contribution in [3.8, 4) is 11.6 Å². The molecular formula is C19H21N7O2S. The molecule has 5 rings (SSSR count). The van der Waals surface area contributed by atoms with Gasteiger partial charge >= 0.3 is 0 Å².